The Morgan fingerprint density at radius 2 is 1.55 bits per heavy atom. The van der Waals surface area contributed by atoms with Crippen LogP contribution in [0.5, 0.6) is 17.4 Å². The number of nitrogens with zero attached hydrogens (tertiary/aromatic N) is 3. The average Bonchev–Trinajstić information content (AvgIpc) is 3.26. The van der Waals surface area contributed by atoms with Crippen LogP contribution in [0.1, 0.15) is 52.7 Å². The molecule has 0 saturated carbocycles. The number of rotatable bonds is 4. The molecule has 5 nitrogen and oxygen atoms in total. The Morgan fingerprint density at radius 1 is 0.786 bits per heavy atom. The molecule has 0 bridgehead atoms. The first kappa shape index (κ1) is 29.5. The van der Waals surface area contributed by atoms with Crippen LogP contribution in [0, 0.1) is 6.07 Å². The summed E-state index contributed by atoms with van der Waals surface area (Å²) in [5, 5.41) is 13.6. The van der Waals surface area contributed by atoms with Gasteiger partial charge in [0.05, 0.1) is 5.69 Å². The molecule has 1 N–H and O–H groups in total. The first-order chi connectivity index (χ1) is 19.5. The van der Waals surface area contributed by atoms with Gasteiger partial charge in [0.25, 0.3) is 0 Å². The number of phenols is 1. The van der Waals surface area contributed by atoms with E-state index in [1.807, 2.05) is 60.7 Å². The maximum Gasteiger partial charge on any atom is 0.217 e. The fourth-order valence-electron chi connectivity index (χ4n) is 5.23. The Kier molecular flexibility index (Phi) is 7.76. The van der Waals surface area contributed by atoms with Crippen LogP contribution in [0.15, 0.2) is 91.1 Å². The van der Waals surface area contributed by atoms with Gasteiger partial charge in [-0.25, -0.2) is 9.97 Å². The van der Waals surface area contributed by atoms with Crippen molar-refractivity contribution < 1.29 is 30.9 Å². The number of benzene rings is 3. The SMILES string of the molecule is CC(C)(C)c1cc(-c2cccc(Oc3[c-]c4c(cc3)c3ccccc3n4-c3ccccn3)n2)c(O)c(C(C)(C)C)c1.[Pt]. The van der Waals surface area contributed by atoms with E-state index in [2.05, 4.69) is 81.4 Å². The molecule has 0 saturated heterocycles. The summed E-state index contributed by atoms with van der Waals surface area (Å²) in [4.78, 5) is 9.43. The zero-order valence-electron chi connectivity index (χ0n) is 24.7. The molecule has 0 fully saturated rings. The Morgan fingerprint density at radius 3 is 2.26 bits per heavy atom. The van der Waals surface area contributed by atoms with E-state index in [0.717, 1.165) is 38.8 Å². The van der Waals surface area contributed by atoms with Crippen LogP contribution in [0.3, 0.4) is 0 Å². The molecule has 3 aromatic carbocycles. The predicted octanol–water partition coefficient (Wildman–Crippen LogP) is 9.13. The van der Waals surface area contributed by atoms with E-state index in [4.69, 9.17) is 9.72 Å². The van der Waals surface area contributed by atoms with Crippen molar-refractivity contribution in [3.8, 4) is 34.5 Å². The summed E-state index contributed by atoms with van der Waals surface area (Å²) in [6.07, 6.45) is 1.79. The Bertz CT molecular complexity index is 1900. The van der Waals surface area contributed by atoms with Crippen molar-refractivity contribution in [2.75, 3.05) is 0 Å². The van der Waals surface area contributed by atoms with Crippen LogP contribution in [0.4, 0.5) is 0 Å². The summed E-state index contributed by atoms with van der Waals surface area (Å²) in [5.41, 5.74) is 5.00. The van der Waals surface area contributed by atoms with Crippen LogP contribution >= 0.6 is 0 Å². The molecule has 0 radical (unpaired) electrons. The van der Waals surface area contributed by atoms with Gasteiger partial charge in [0.15, 0.2) is 0 Å². The minimum absolute atomic E-state index is 0. The number of aromatic nitrogens is 3. The van der Waals surface area contributed by atoms with Gasteiger partial charge in [0.1, 0.15) is 11.6 Å². The summed E-state index contributed by atoms with van der Waals surface area (Å²) in [6, 6.07) is 31.4. The largest absolute Gasteiger partial charge is 0.507 e. The van der Waals surface area contributed by atoms with E-state index in [1.165, 1.54) is 0 Å². The molecular formula is C36H34N3O2Pt-. The van der Waals surface area contributed by atoms with Crippen LogP contribution in [0.2, 0.25) is 0 Å². The Balaban J connectivity index is 0.00000353. The second-order valence-electron chi connectivity index (χ2n) is 12.5. The van der Waals surface area contributed by atoms with Gasteiger partial charge in [-0.2, -0.15) is 6.07 Å². The Hall–Kier alpha value is -3.95. The molecule has 3 aromatic heterocycles. The summed E-state index contributed by atoms with van der Waals surface area (Å²) in [7, 11) is 0. The third-order valence-corrected chi connectivity index (χ3v) is 7.43. The topological polar surface area (TPSA) is 60.2 Å². The van der Waals surface area contributed by atoms with Gasteiger partial charge in [-0.15, -0.1) is 17.5 Å². The van der Waals surface area contributed by atoms with Crippen LogP contribution in [-0.2, 0) is 31.9 Å². The van der Waals surface area contributed by atoms with Crippen molar-refractivity contribution in [2.45, 2.75) is 52.4 Å². The molecule has 42 heavy (non-hydrogen) atoms. The molecule has 6 heteroatoms. The van der Waals surface area contributed by atoms with E-state index < -0.39 is 0 Å². The maximum absolute atomic E-state index is 11.4. The van der Waals surface area contributed by atoms with E-state index in [1.54, 1.807) is 6.20 Å². The normalized spacial score (nSPS) is 12.0. The number of fused-ring (bicyclic) bond motifs is 3. The third kappa shape index (κ3) is 5.46. The minimum Gasteiger partial charge on any atom is -0.507 e. The molecule has 3 heterocycles. The molecule has 0 atom stereocenters. The van der Waals surface area contributed by atoms with Crippen molar-refractivity contribution in [1.82, 2.24) is 14.5 Å². The van der Waals surface area contributed by atoms with Crippen molar-refractivity contribution >= 4 is 21.8 Å². The zero-order chi connectivity index (χ0) is 28.9. The predicted molar refractivity (Wildman–Crippen MR) is 166 cm³/mol. The molecule has 0 aliphatic heterocycles. The monoisotopic (exact) mass is 735 g/mol. The van der Waals surface area contributed by atoms with Crippen LogP contribution in [-0.4, -0.2) is 19.6 Å². The molecule has 216 valence electrons. The number of phenolic OH excluding ortho intramolecular Hbond substituents is 1. The number of aromatic hydroxyl groups is 1. The minimum atomic E-state index is -0.232. The van der Waals surface area contributed by atoms with Crippen molar-refractivity contribution in [3.63, 3.8) is 0 Å². The maximum atomic E-state index is 11.4. The van der Waals surface area contributed by atoms with Crippen molar-refractivity contribution in [3.05, 3.63) is 108 Å². The number of hydrogen-bond donors (Lipinski definition) is 1. The molecule has 0 spiro atoms. The molecule has 0 amide bonds. The first-order valence-corrected chi connectivity index (χ1v) is 13.9. The third-order valence-electron chi connectivity index (χ3n) is 7.43. The van der Waals surface area contributed by atoms with E-state index in [-0.39, 0.29) is 37.6 Å². The molecule has 0 aliphatic carbocycles. The zero-order valence-corrected chi connectivity index (χ0v) is 26.9. The summed E-state index contributed by atoms with van der Waals surface area (Å²) >= 11 is 0. The van der Waals surface area contributed by atoms with Crippen LogP contribution in [0.25, 0.3) is 38.9 Å². The van der Waals surface area contributed by atoms with Gasteiger partial charge in [-0.1, -0.05) is 83.5 Å². The molecule has 6 aromatic rings. The average molecular weight is 736 g/mol. The van der Waals surface area contributed by atoms with Gasteiger partial charge in [0, 0.05) is 55.7 Å². The smallest absolute Gasteiger partial charge is 0.217 e. The summed E-state index contributed by atoms with van der Waals surface area (Å²) < 4.78 is 8.39. The standard InChI is InChI=1S/C36H34N3O2.Pt/c1-35(2,3)23-20-27(34(40)28(21-23)36(4,5)6)29-13-11-16-33(38-29)41-24-17-18-26-25-12-7-8-14-30(25)39(31(26)22-24)32-15-9-10-19-37-32;/h7-21,40H,1-6H3;/q-1;. The Labute approximate surface area is 261 Å². The van der Waals surface area contributed by atoms with Gasteiger partial charge in [-0.3, -0.25) is 0 Å². The van der Waals surface area contributed by atoms with E-state index in [0.29, 0.717) is 22.9 Å². The molecule has 0 unspecified atom stereocenters. The summed E-state index contributed by atoms with van der Waals surface area (Å²) in [6.45, 7) is 12.9. The van der Waals surface area contributed by atoms with E-state index >= 15 is 0 Å². The van der Waals surface area contributed by atoms with Crippen molar-refractivity contribution in [2.24, 2.45) is 0 Å². The first-order valence-electron chi connectivity index (χ1n) is 13.9. The molecule has 6 rings (SSSR count). The number of pyridine rings is 2. The number of para-hydroxylation sites is 1. The van der Waals surface area contributed by atoms with E-state index in [9.17, 15) is 5.11 Å². The quantitative estimate of drug-likeness (QED) is 0.184. The summed E-state index contributed by atoms with van der Waals surface area (Å²) in [5.74, 6) is 2.04. The van der Waals surface area contributed by atoms with Gasteiger partial charge in [-0.05, 0) is 52.1 Å². The fourth-order valence-corrected chi connectivity index (χ4v) is 5.23. The molecule has 0 aliphatic rings. The number of ether oxygens (including phenoxy) is 1. The van der Waals surface area contributed by atoms with Crippen molar-refractivity contribution in [1.29, 1.82) is 0 Å². The second-order valence-corrected chi connectivity index (χ2v) is 12.5. The van der Waals surface area contributed by atoms with Gasteiger partial charge in [0.2, 0.25) is 5.88 Å². The van der Waals surface area contributed by atoms with Gasteiger partial charge < -0.3 is 14.4 Å². The second kappa shape index (κ2) is 11.0. The van der Waals surface area contributed by atoms with Gasteiger partial charge >= 0.3 is 0 Å². The number of hydrogen-bond acceptors (Lipinski definition) is 4. The van der Waals surface area contributed by atoms with Crippen LogP contribution < -0.4 is 4.74 Å². The fraction of sp³-hybridized carbons (Fsp3) is 0.222. The molecular weight excluding hydrogens is 701 g/mol.